The second-order valence-electron chi connectivity index (χ2n) is 4.49. The van der Waals surface area contributed by atoms with Gasteiger partial charge in [0.05, 0.1) is 6.54 Å². The highest BCUT2D eigenvalue weighted by Crippen LogP contribution is 2.28. The number of nitrogens with zero attached hydrogens (tertiary/aromatic N) is 4. The number of alkyl halides is 3. The summed E-state index contributed by atoms with van der Waals surface area (Å²) >= 11 is 0. The molecule has 0 aromatic carbocycles. The van der Waals surface area contributed by atoms with Gasteiger partial charge in [-0.1, -0.05) is 0 Å². The van der Waals surface area contributed by atoms with Crippen LogP contribution in [0.15, 0.2) is 24.5 Å². The van der Waals surface area contributed by atoms with E-state index in [4.69, 9.17) is 0 Å². The van der Waals surface area contributed by atoms with Crippen molar-refractivity contribution in [3.63, 3.8) is 0 Å². The van der Waals surface area contributed by atoms with Gasteiger partial charge < -0.3 is 5.32 Å². The molecule has 20 heavy (non-hydrogen) atoms. The van der Waals surface area contributed by atoms with E-state index in [1.165, 1.54) is 6.92 Å². The zero-order valence-corrected chi connectivity index (χ0v) is 11.0. The molecular weight excluding hydrogens is 271 g/mol. The molecule has 0 saturated heterocycles. The minimum Gasteiger partial charge on any atom is -0.350 e. The van der Waals surface area contributed by atoms with Gasteiger partial charge in [0.15, 0.2) is 0 Å². The number of halogens is 3. The molecule has 2 rings (SSSR count). The predicted octanol–water partition coefficient (Wildman–Crippen LogP) is 2.50. The van der Waals surface area contributed by atoms with E-state index in [0.717, 1.165) is 6.07 Å². The van der Waals surface area contributed by atoms with Gasteiger partial charge in [0.25, 0.3) is 0 Å². The molecule has 2 aromatic heterocycles. The maximum atomic E-state index is 12.7. The van der Waals surface area contributed by atoms with Crippen molar-refractivity contribution < 1.29 is 13.2 Å². The Hall–Kier alpha value is -2.12. The first kappa shape index (κ1) is 14.3. The third-order valence-corrected chi connectivity index (χ3v) is 2.54. The largest absolute Gasteiger partial charge is 0.433 e. The number of aromatic nitrogens is 4. The molecule has 2 heterocycles. The Labute approximate surface area is 113 Å². The highest BCUT2D eigenvalue weighted by Gasteiger charge is 2.33. The molecule has 8 heteroatoms. The van der Waals surface area contributed by atoms with Crippen molar-refractivity contribution in [3.8, 4) is 0 Å². The summed E-state index contributed by atoms with van der Waals surface area (Å²) in [5.41, 5.74) is -0.681. The van der Waals surface area contributed by atoms with E-state index in [2.05, 4.69) is 20.4 Å². The van der Waals surface area contributed by atoms with Gasteiger partial charge in [-0.25, -0.2) is 9.97 Å². The normalized spacial score (nSPS) is 13.2. The van der Waals surface area contributed by atoms with Gasteiger partial charge in [0, 0.05) is 24.1 Å². The van der Waals surface area contributed by atoms with Crippen LogP contribution in [0.4, 0.5) is 19.1 Å². The van der Waals surface area contributed by atoms with Gasteiger partial charge in [-0.15, -0.1) is 0 Å². The van der Waals surface area contributed by atoms with Crippen LogP contribution in [-0.4, -0.2) is 25.8 Å². The van der Waals surface area contributed by atoms with Crippen molar-refractivity contribution >= 4 is 5.95 Å². The summed E-state index contributed by atoms with van der Waals surface area (Å²) < 4.78 is 39.7. The summed E-state index contributed by atoms with van der Waals surface area (Å²) in [6.07, 6.45) is -1.07. The lowest BCUT2D eigenvalue weighted by atomic mass is 10.3. The molecule has 0 radical (unpaired) electrons. The summed E-state index contributed by atoms with van der Waals surface area (Å²) in [6.45, 7) is 3.83. The highest BCUT2D eigenvalue weighted by atomic mass is 19.4. The molecule has 0 aliphatic rings. The van der Waals surface area contributed by atoms with E-state index in [1.54, 1.807) is 23.1 Å². The molecule has 108 valence electrons. The smallest absolute Gasteiger partial charge is 0.350 e. The third kappa shape index (κ3) is 3.69. The SMILES string of the molecule is Cc1cc(C(F)(F)F)nc(NC(C)Cn2cccn2)n1. The molecule has 1 unspecified atom stereocenters. The van der Waals surface area contributed by atoms with E-state index < -0.39 is 11.9 Å². The second kappa shape index (κ2) is 5.48. The fourth-order valence-corrected chi connectivity index (χ4v) is 1.73. The van der Waals surface area contributed by atoms with Crippen molar-refractivity contribution in [2.45, 2.75) is 32.6 Å². The average molecular weight is 285 g/mol. The van der Waals surface area contributed by atoms with E-state index in [9.17, 15) is 13.2 Å². The number of nitrogens with one attached hydrogen (secondary N) is 1. The van der Waals surface area contributed by atoms with Crippen LogP contribution in [-0.2, 0) is 12.7 Å². The standard InChI is InChI=1S/C12H14F3N5/c1-8-6-10(12(13,14)15)19-11(17-8)18-9(2)7-20-5-3-4-16-20/h3-6,9H,7H2,1-2H3,(H,17,18,19). The molecule has 2 aromatic rings. The summed E-state index contributed by atoms with van der Waals surface area (Å²) in [5, 5.41) is 6.88. The molecule has 0 fully saturated rings. The van der Waals surface area contributed by atoms with Crippen LogP contribution in [0.5, 0.6) is 0 Å². The monoisotopic (exact) mass is 285 g/mol. The maximum absolute atomic E-state index is 12.7. The van der Waals surface area contributed by atoms with Gasteiger partial charge in [0.1, 0.15) is 5.69 Å². The predicted molar refractivity (Wildman–Crippen MR) is 67.1 cm³/mol. The third-order valence-electron chi connectivity index (χ3n) is 2.54. The zero-order chi connectivity index (χ0) is 14.8. The van der Waals surface area contributed by atoms with Crippen LogP contribution in [0, 0.1) is 6.92 Å². The summed E-state index contributed by atoms with van der Waals surface area (Å²) in [4.78, 5) is 7.46. The number of hydrogen-bond acceptors (Lipinski definition) is 4. The number of anilines is 1. The fraction of sp³-hybridized carbons (Fsp3) is 0.417. The Morgan fingerprint density at radius 3 is 2.70 bits per heavy atom. The quantitative estimate of drug-likeness (QED) is 0.937. The molecule has 0 spiro atoms. The minimum absolute atomic E-state index is 0.0306. The van der Waals surface area contributed by atoms with Crippen LogP contribution >= 0.6 is 0 Å². The summed E-state index contributed by atoms with van der Waals surface area (Å²) in [5.74, 6) is -0.0306. The molecule has 0 amide bonds. The van der Waals surface area contributed by atoms with Crippen molar-refractivity contribution in [3.05, 3.63) is 35.9 Å². The van der Waals surface area contributed by atoms with Crippen LogP contribution in [0.3, 0.4) is 0 Å². The van der Waals surface area contributed by atoms with Crippen molar-refractivity contribution in [2.75, 3.05) is 5.32 Å². The maximum Gasteiger partial charge on any atom is 0.433 e. The fourth-order valence-electron chi connectivity index (χ4n) is 1.73. The van der Waals surface area contributed by atoms with Crippen LogP contribution in [0.1, 0.15) is 18.3 Å². The van der Waals surface area contributed by atoms with Gasteiger partial charge in [0.2, 0.25) is 5.95 Å². The van der Waals surface area contributed by atoms with Crippen LogP contribution < -0.4 is 5.32 Å². The summed E-state index contributed by atoms with van der Waals surface area (Å²) in [6, 6.07) is 2.54. The Morgan fingerprint density at radius 1 is 1.35 bits per heavy atom. The molecule has 0 aliphatic carbocycles. The molecule has 1 atom stereocenters. The minimum atomic E-state index is -4.48. The van der Waals surface area contributed by atoms with Gasteiger partial charge >= 0.3 is 6.18 Å². The number of rotatable bonds is 4. The van der Waals surface area contributed by atoms with Crippen molar-refractivity contribution in [2.24, 2.45) is 0 Å². The van der Waals surface area contributed by atoms with E-state index >= 15 is 0 Å². The molecule has 0 aliphatic heterocycles. The number of hydrogen-bond donors (Lipinski definition) is 1. The second-order valence-corrected chi connectivity index (χ2v) is 4.49. The highest BCUT2D eigenvalue weighted by molar-refractivity contribution is 5.30. The average Bonchev–Trinajstić information content (AvgIpc) is 2.79. The van der Waals surface area contributed by atoms with E-state index in [-0.39, 0.29) is 17.7 Å². The molecule has 0 saturated carbocycles. The van der Waals surface area contributed by atoms with Gasteiger partial charge in [-0.2, -0.15) is 18.3 Å². The topological polar surface area (TPSA) is 55.6 Å². The van der Waals surface area contributed by atoms with E-state index in [0.29, 0.717) is 6.54 Å². The van der Waals surface area contributed by atoms with Gasteiger partial charge in [-0.05, 0) is 26.0 Å². The number of aryl methyl sites for hydroxylation is 1. The molecular formula is C12H14F3N5. The van der Waals surface area contributed by atoms with Crippen LogP contribution in [0.2, 0.25) is 0 Å². The lowest BCUT2D eigenvalue weighted by Crippen LogP contribution is -2.24. The molecule has 0 bridgehead atoms. The van der Waals surface area contributed by atoms with Gasteiger partial charge in [-0.3, -0.25) is 4.68 Å². The Kier molecular flexibility index (Phi) is 3.91. The zero-order valence-electron chi connectivity index (χ0n) is 11.0. The van der Waals surface area contributed by atoms with Crippen molar-refractivity contribution in [1.82, 2.24) is 19.7 Å². The first-order valence-corrected chi connectivity index (χ1v) is 6.01. The van der Waals surface area contributed by atoms with E-state index in [1.807, 2.05) is 6.92 Å². The first-order valence-electron chi connectivity index (χ1n) is 6.01. The Bertz CT molecular complexity index is 565. The Balaban J connectivity index is 2.11. The molecule has 5 nitrogen and oxygen atoms in total. The Morgan fingerprint density at radius 2 is 2.10 bits per heavy atom. The van der Waals surface area contributed by atoms with Crippen molar-refractivity contribution in [1.29, 1.82) is 0 Å². The molecule has 1 N–H and O–H groups in total. The summed E-state index contributed by atoms with van der Waals surface area (Å²) in [7, 11) is 0. The first-order chi connectivity index (χ1) is 9.34. The van der Waals surface area contributed by atoms with Crippen LogP contribution in [0.25, 0.3) is 0 Å². The lowest BCUT2D eigenvalue weighted by molar-refractivity contribution is -0.141. The lowest BCUT2D eigenvalue weighted by Gasteiger charge is -2.15.